The van der Waals surface area contributed by atoms with Crippen LogP contribution in [-0.4, -0.2) is 49.1 Å². The Bertz CT molecular complexity index is 92.7. The Hall–Kier alpha value is 0.359. The SMILES string of the molecule is O.O.O.O.O.O=[Se](=O)(O)O.[Cu]. The van der Waals surface area contributed by atoms with Gasteiger partial charge in [0.25, 0.3) is 0 Å². The van der Waals surface area contributed by atoms with Gasteiger partial charge in [-0.25, -0.2) is 0 Å². The van der Waals surface area contributed by atoms with E-state index in [2.05, 4.69) is 0 Å². The van der Waals surface area contributed by atoms with Gasteiger partial charge in [0.05, 0.1) is 0 Å². The first-order valence-corrected chi connectivity index (χ1v) is 3.63. The van der Waals surface area contributed by atoms with E-state index in [0.29, 0.717) is 0 Å². The quantitative estimate of drug-likeness (QED) is 0.415. The van der Waals surface area contributed by atoms with Crippen molar-refractivity contribution in [3.8, 4) is 0 Å². The summed E-state index contributed by atoms with van der Waals surface area (Å²) in [5.74, 6) is 0. The van der Waals surface area contributed by atoms with Crippen LogP contribution in [0.2, 0.25) is 0 Å². The fourth-order valence-electron chi connectivity index (χ4n) is 0. The summed E-state index contributed by atoms with van der Waals surface area (Å²) in [6, 6.07) is 0. The van der Waals surface area contributed by atoms with Crippen LogP contribution in [0.3, 0.4) is 0 Å². The van der Waals surface area contributed by atoms with Crippen molar-refractivity contribution in [1.29, 1.82) is 0 Å². The van der Waals surface area contributed by atoms with Crippen LogP contribution in [0.4, 0.5) is 0 Å². The van der Waals surface area contributed by atoms with Crippen molar-refractivity contribution in [2.24, 2.45) is 0 Å². The minimum atomic E-state index is -5.25. The maximum Gasteiger partial charge on any atom is 0 e. The van der Waals surface area contributed by atoms with Crippen molar-refractivity contribution in [2.75, 3.05) is 0 Å². The van der Waals surface area contributed by atoms with Crippen molar-refractivity contribution >= 4 is 13.4 Å². The van der Waals surface area contributed by atoms with Crippen LogP contribution < -0.4 is 0 Å². The zero-order valence-electron chi connectivity index (χ0n) is 4.92. The molecular weight excluding hydrogens is 286 g/mol. The average Bonchev–Trinajstić information content (AvgIpc) is 0.722. The molecule has 0 bridgehead atoms. The molecule has 0 aromatic rings. The molecule has 0 aromatic carbocycles. The van der Waals surface area contributed by atoms with Gasteiger partial charge < -0.3 is 27.4 Å². The first-order valence-electron chi connectivity index (χ1n) is 0.698. The Morgan fingerprint density at radius 1 is 0.727 bits per heavy atom. The Kier molecular flexibility index (Phi) is 131. The van der Waals surface area contributed by atoms with E-state index < -0.39 is 13.4 Å². The summed E-state index contributed by atoms with van der Waals surface area (Å²) in [4.78, 5) is 0. The maximum atomic E-state index is 8.82. The van der Waals surface area contributed by atoms with Crippen LogP contribution in [0, 0.1) is 0 Å². The van der Waals surface area contributed by atoms with Crippen LogP contribution in [0.5, 0.6) is 0 Å². The summed E-state index contributed by atoms with van der Waals surface area (Å²) < 4.78 is 31.9. The van der Waals surface area contributed by atoms with E-state index in [0.717, 1.165) is 0 Å². The van der Waals surface area contributed by atoms with Crippen LogP contribution in [0.25, 0.3) is 0 Å². The van der Waals surface area contributed by atoms with Gasteiger partial charge in [-0.1, -0.05) is 0 Å². The Labute approximate surface area is 74.3 Å². The van der Waals surface area contributed by atoms with E-state index in [9.17, 15) is 0 Å². The molecule has 11 heavy (non-hydrogen) atoms. The molecule has 0 aliphatic heterocycles. The smallest absolute Gasteiger partial charge is 0 e. The summed E-state index contributed by atoms with van der Waals surface area (Å²) in [5.41, 5.74) is 0. The minimum absolute atomic E-state index is 0. The van der Waals surface area contributed by atoms with Gasteiger partial charge in [0.15, 0.2) is 0 Å². The first-order chi connectivity index (χ1) is 2.00. The van der Waals surface area contributed by atoms with Crippen LogP contribution in [-0.2, 0) is 24.7 Å². The molecule has 0 saturated carbocycles. The van der Waals surface area contributed by atoms with E-state index in [1.807, 2.05) is 0 Å². The molecule has 0 unspecified atom stereocenters. The predicted octanol–water partition coefficient (Wildman–Crippen LogP) is -5.86. The number of rotatable bonds is 0. The van der Waals surface area contributed by atoms with Gasteiger partial charge in [0, 0.05) is 17.1 Å². The summed E-state index contributed by atoms with van der Waals surface area (Å²) in [5, 5.41) is 0. The summed E-state index contributed by atoms with van der Waals surface area (Å²) in [6.07, 6.45) is 0. The average molecular weight is 299 g/mol. The molecule has 9 nitrogen and oxygen atoms in total. The van der Waals surface area contributed by atoms with Gasteiger partial charge in [-0.2, -0.15) is 0 Å². The normalized spacial score (nSPS) is 5.27. The van der Waals surface area contributed by atoms with Gasteiger partial charge in [0.1, 0.15) is 0 Å². The summed E-state index contributed by atoms with van der Waals surface area (Å²) in [6.45, 7) is 0. The third-order valence-corrected chi connectivity index (χ3v) is 0. The Morgan fingerprint density at radius 3 is 0.727 bits per heavy atom. The summed E-state index contributed by atoms with van der Waals surface area (Å²) >= 11 is -5.25. The Morgan fingerprint density at radius 2 is 0.727 bits per heavy atom. The molecule has 0 heterocycles. The maximum absolute atomic E-state index is 8.82. The second-order valence-corrected chi connectivity index (χ2v) is 2.33. The number of hydrogen-bond donors (Lipinski definition) is 2. The fraction of sp³-hybridized carbons (Fsp3) is 0. The first kappa shape index (κ1) is 64.2. The molecule has 0 atom stereocenters. The second-order valence-electron chi connectivity index (χ2n) is 0.448. The fourth-order valence-corrected chi connectivity index (χ4v) is 0. The topological polar surface area (TPSA) is 232 Å². The van der Waals surface area contributed by atoms with Crippen molar-refractivity contribution in [3.05, 3.63) is 0 Å². The zero-order chi connectivity index (χ0) is 4.50. The molecule has 0 rings (SSSR count). The predicted molar refractivity (Wildman–Crippen MR) is 29.6 cm³/mol. The second kappa shape index (κ2) is 22.4. The number of hydrogen-bond acceptors (Lipinski definition) is 2. The monoisotopic (exact) mass is 299 g/mol. The van der Waals surface area contributed by atoms with E-state index in [-0.39, 0.29) is 44.4 Å². The molecule has 0 aromatic heterocycles. The van der Waals surface area contributed by atoms with Crippen molar-refractivity contribution in [1.82, 2.24) is 0 Å². The van der Waals surface area contributed by atoms with E-state index >= 15 is 0 Å². The molecule has 0 aliphatic rings. The van der Waals surface area contributed by atoms with E-state index in [4.69, 9.17) is 16.0 Å². The zero-order valence-corrected chi connectivity index (χ0v) is 7.58. The van der Waals surface area contributed by atoms with E-state index in [1.54, 1.807) is 0 Å². The van der Waals surface area contributed by atoms with Crippen molar-refractivity contribution in [2.45, 2.75) is 0 Å². The van der Waals surface area contributed by atoms with E-state index in [1.165, 1.54) is 0 Å². The molecule has 12 N–H and O–H groups in total. The van der Waals surface area contributed by atoms with Gasteiger partial charge in [-0.15, -0.1) is 0 Å². The molecule has 0 saturated heterocycles. The third-order valence-electron chi connectivity index (χ3n) is 0. The molecule has 0 aliphatic carbocycles. The molecule has 0 spiro atoms. The van der Waals surface area contributed by atoms with Gasteiger partial charge in [0.2, 0.25) is 0 Å². The van der Waals surface area contributed by atoms with Gasteiger partial charge in [-0.3, -0.25) is 0 Å². The molecule has 0 fully saturated rings. The molecule has 0 amide bonds. The molecule has 1 radical (unpaired) electrons. The standard InChI is InChI=1S/Cu.H2O4Se.5H2O/c;1-5(2,3)4;;;;;/h;(H2,1,2,3,4);5*1H2. The third kappa shape index (κ3) is 5620. The minimum Gasteiger partial charge on any atom is 0 e. The Balaban J connectivity index is -0.00000000533. The van der Waals surface area contributed by atoms with Gasteiger partial charge >= 0.3 is 29.4 Å². The van der Waals surface area contributed by atoms with Crippen LogP contribution in [0.1, 0.15) is 0 Å². The molecule has 11 heteroatoms. The van der Waals surface area contributed by atoms with Gasteiger partial charge in [-0.05, 0) is 0 Å². The molecule has 83 valence electrons. The summed E-state index contributed by atoms with van der Waals surface area (Å²) in [7, 11) is 0. The van der Waals surface area contributed by atoms with Crippen LogP contribution >= 0.6 is 0 Å². The largest absolute Gasteiger partial charge is 0 e. The van der Waals surface area contributed by atoms with Crippen molar-refractivity contribution < 1.29 is 60.5 Å². The van der Waals surface area contributed by atoms with Crippen molar-refractivity contribution in [3.63, 3.8) is 0 Å². The molecular formula is H12CuO9Se. The van der Waals surface area contributed by atoms with Crippen LogP contribution in [0.15, 0.2) is 0 Å².